The Morgan fingerprint density at radius 3 is 2.79 bits per heavy atom. The number of rotatable bonds is 6. The molecule has 0 amide bonds. The summed E-state index contributed by atoms with van der Waals surface area (Å²) in [5.74, 6) is 0. The van der Waals surface area contributed by atoms with Crippen LogP contribution in [0.3, 0.4) is 0 Å². The molecule has 0 spiro atoms. The van der Waals surface area contributed by atoms with Crippen LogP contribution >= 0.6 is 11.6 Å². The van der Waals surface area contributed by atoms with E-state index in [1.54, 1.807) is 7.11 Å². The van der Waals surface area contributed by atoms with Crippen LogP contribution in [0.25, 0.3) is 10.9 Å². The largest absolute Gasteiger partial charge is 0.383 e. The van der Waals surface area contributed by atoms with Crippen LogP contribution in [0.15, 0.2) is 24.4 Å². The number of piperazine rings is 1. The fourth-order valence-corrected chi connectivity index (χ4v) is 3.64. The van der Waals surface area contributed by atoms with Gasteiger partial charge in [0.1, 0.15) is 0 Å². The van der Waals surface area contributed by atoms with Crippen molar-refractivity contribution in [1.82, 2.24) is 9.88 Å². The average molecular weight is 349 g/mol. The Morgan fingerprint density at radius 2 is 2.08 bits per heavy atom. The summed E-state index contributed by atoms with van der Waals surface area (Å²) >= 11 is 6.47. The fourth-order valence-electron chi connectivity index (χ4n) is 3.35. The van der Waals surface area contributed by atoms with Gasteiger partial charge in [0.15, 0.2) is 0 Å². The van der Waals surface area contributed by atoms with Crippen molar-refractivity contribution >= 4 is 28.2 Å². The first-order chi connectivity index (χ1) is 11.7. The lowest BCUT2D eigenvalue weighted by Gasteiger charge is -2.37. The average Bonchev–Trinajstić information content (AvgIpc) is 2.61. The molecule has 0 radical (unpaired) electrons. The van der Waals surface area contributed by atoms with Gasteiger partial charge >= 0.3 is 0 Å². The topological polar surface area (TPSA) is 54.6 Å². The molecule has 2 N–H and O–H groups in total. The van der Waals surface area contributed by atoms with E-state index in [1.165, 1.54) is 11.3 Å². The molecule has 1 aliphatic rings. The molecule has 0 aliphatic carbocycles. The van der Waals surface area contributed by atoms with Gasteiger partial charge in [-0.15, -0.1) is 0 Å². The highest BCUT2D eigenvalue weighted by molar-refractivity contribution is 6.36. The molecule has 1 saturated heterocycles. The molecule has 0 saturated carbocycles. The first kappa shape index (κ1) is 17.4. The Labute approximate surface area is 148 Å². The molecule has 1 aromatic carbocycles. The Bertz CT molecular complexity index is 686. The Kier molecular flexibility index (Phi) is 5.89. The number of nitrogens with zero attached hydrogens (tertiary/aromatic N) is 3. The third-order valence-electron chi connectivity index (χ3n) is 4.61. The lowest BCUT2D eigenvalue weighted by atomic mass is 10.0. The zero-order valence-electron chi connectivity index (χ0n) is 14.2. The number of aromatic nitrogens is 1. The summed E-state index contributed by atoms with van der Waals surface area (Å²) in [6, 6.07) is 6.03. The molecule has 0 atom stereocenters. The van der Waals surface area contributed by atoms with Gasteiger partial charge in [-0.1, -0.05) is 11.6 Å². The smallest absolute Gasteiger partial charge is 0.0953 e. The molecule has 24 heavy (non-hydrogen) atoms. The maximum absolute atomic E-state index is 6.47. The molecule has 6 heteroatoms. The fraction of sp³-hybridized carbons (Fsp3) is 0.500. The van der Waals surface area contributed by atoms with Gasteiger partial charge in [-0.05, 0) is 36.7 Å². The molecule has 3 rings (SSSR count). The Balaban J connectivity index is 1.91. The molecule has 2 heterocycles. The minimum Gasteiger partial charge on any atom is -0.383 e. The monoisotopic (exact) mass is 348 g/mol. The standard InChI is InChI=1S/C18H25ClN4O/c1-24-12-11-22-7-9-23(10-8-22)18-14(4-5-20)13-16(19)15-3-2-6-21-17(15)18/h2-3,6,13H,4-5,7-12,20H2,1H3. The number of fused-ring (bicyclic) bond motifs is 1. The van der Waals surface area contributed by atoms with Crippen molar-refractivity contribution in [2.24, 2.45) is 5.73 Å². The molecule has 1 aromatic heterocycles. The van der Waals surface area contributed by atoms with Crippen LogP contribution < -0.4 is 10.6 Å². The number of nitrogens with two attached hydrogens (primary N) is 1. The van der Waals surface area contributed by atoms with E-state index >= 15 is 0 Å². The quantitative estimate of drug-likeness (QED) is 0.867. The van der Waals surface area contributed by atoms with Crippen LogP contribution in [0.1, 0.15) is 5.56 Å². The zero-order chi connectivity index (χ0) is 16.9. The van der Waals surface area contributed by atoms with Gasteiger partial charge in [0.05, 0.1) is 22.8 Å². The number of anilines is 1. The van der Waals surface area contributed by atoms with E-state index in [2.05, 4.69) is 20.9 Å². The van der Waals surface area contributed by atoms with Gasteiger partial charge in [-0.3, -0.25) is 9.88 Å². The van der Waals surface area contributed by atoms with Crippen LogP contribution in [-0.4, -0.2) is 62.9 Å². The van der Waals surface area contributed by atoms with Gasteiger partial charge in [0.2, 0.25) is 0 Å². The third kappa shape index (κ3) is 3.64. The summed E-state index contributed by atoms with van der Waals surface area (Å²) in [4.78, 5) is 9.50. The molecule has 1 aliphatic heterocycles. The lowest BCUT2D eigenvalue weighted by molar-refractivity contribution is 0.144. The van der Waals surface area contributed by atoms with E-state index in [9.17, 15) is 0 Å². The summed E-state index contributed by atoms with van der Waals surface area (Å²) in [5, 5.41) is 1.76. The van der Waals surface area contributed by atoms with Gasteiger partial charge in [0.25, 0.3) is 0 Å². The van der Waals surface area contributed by atoms with Gasteiger partial charge in [0, 0.05) is 51.4 Å². The number of ether oxygens (including phenoxy) is 1. The normalized spacial score (nSPS) is 16.0. The summed E-state index contributed by atoms with van der Waals surface area (Å²) in [5.41, 5.74) is 9.21. The summed E-state index contributed by atoms with van der Waals surface area (Å²) in [6.45, 7) is 6.40. The van der Waals surface area contributed by atoms with E-state index in [-0.39, 0.29) is 0 Å². The van der Waals surface area contributed by atoms with Crippen molar-refractivity contribution in [3.63, 3.8) is 0 Å². The molecule has 0 bridgehead atoms. The van der Waals surface area contributed by atoms with Crippen molar-refractivity contribution in [3.8, 4) is 0 Å². The third-order valence-corrected chi connectivity index (χ3v) is 4.92. The highest BCUT2D eigenvalue weighted by Gasteiger charge is 2.22. The number of halogens is 1. The lowest BCUT2D eigenvalue weighted by Crippen LogP contribution is -2.47. The van der Waals surface area contributed by atoms with Crippen LogP contribution in [-0.2, 0) is 11.2 Å². The van der Waals surface area contributed by atoms with Crippen LogP contribution in [0.5, 0.6) is 0 Å². The van der Waals surface area contributed by atoms with E-state index in [1.807, 2.05) is 18.3 Å². The second-order valence-electron chi connectivity index (χ2n) is 6.13. The van der Waals surface area contributed by atoms with Gasteiger partial charge in [-0.2, -0.15) is 0 Å². The highest BCUT2D eigenvalue weighted by Crippen LogP contribution is 2.35. The predicted molar refractivity (Wildman–Crippen MR) is 100 cm³/mol. The molecule has 130 valence electrons. The van der Waals surface area contributed by atoms with E-state index < -0.39 is 0 Å². The maximum atomic E-state index is 6.47. The predicted octanol–water partition coefficient (Wildman–Crippen LogP) is 2.16. The summed E-state index contributed by atoms with van der Waals surface area (Å²) in [7, 11) is 1.75. The van der Waals surface area contributed by atoms with Crippen molar-refractivity contribution in [3.05, 3.63) is 35.0 Å². The minimum absolute atomic E-state index is 0.607. The molecule has 1 fully saturated rings. The number of hydrogen-bond acceptors (Lipinski definition) is 5. The maximum Gasteiger partial charge on any atom is 0.0953 e. The van der Waals surface area contributed by atoms with Crippen molar-refractivity contribution in [2.75, 3.05) is 57.9 Å². The van der Waals surface area contributed by atoms with Gasteiger partial charge in [-0.25, -0.2) is 0 Å². The summed E-state index contributed by atoms with van der Waals surface area (Å²) < 4.78 is 5.18. The number of methoxy groups -OCH3 is 1. The second-order valence-corrected chi connectivity index (χ2v) is 6.53. The first-order valence-corrected chi connectivity index (χ1v) is 8.84. The molecule has 5 nitrogen and oxygen atoms in total. The number of benzene rings is 1. The molecule has 0 unspecified atom stereocenters. The molecule has 2 aromatic rings. The van der Waals surface area contributed by atoms with E-state index in [0.717, 1.165) is 61.7 Å². The Morgan fingerprint density at radius 1 is 1.29 bits per heavy atom. The molecular formula is C18H25ClN4O. The van der Waals surface area contributed by atoms with Crippen molar-refractivity contribution < 1.29 is 4.74 Å². The molecular weight excluding hydrogens is 324 g/mol. The SMILES string of the molecule is COCCN1CCN(c2c(CCN)cc(Cl)c3cccnc23)CC1. The Hall–Kier alpha value is -1.40. The van der Waals surface area contributed by atoms with E-state index in [4.69, 9.17) is 22.1 Å². The number of hydrogen-bond donors (Lipinski definition) is 1. The zero-order valence-corrected chi connectivity index (χ0v) is 14.9. The highest BCUT2D eigenvalue weighted by atomic mass is 35.5. The van der Waals surface area contributed by atoms with Crippen LogP contribution in [0.4, 0.5) is 5.69 Å². The summed E-state index contributed by atoms with van der Waals surface area (Å²) in [6.07, 6.45) is 2.65. The minimum atomic E-state index is 0.607. The first-order valence-electron chi connectivity index (χ1n) is 8.47. The number of pyridine rings is 1. The van der Waals surface area contributed by atoms with Gasteiger partial charge < -0.3 is 15.4 Å². The van der Waals surface area contributed by atoms with E-state index in [0.29, 0.717) is 6.54 Å². The van der Waals surface area contributed by atoms with Crippen molar-refractivity contribution in [1.29, 1.82) is 0 Å². The second kappa shape index (κ2) is 8.12. The van der Waals surface area contributed by atoms with Crippen molar-refractivity contribution in [2.45, 2.75) is 6.42 Å². The van der Waals surface area contributed by atoms with Crippen LogP contribution in [0, 0.1) is 0 Å². The van der Waals surface area contributed by atoms with Crippen LogP contribution in [0.2, 0.25) is 5.02 Å².